The largest absolute Gasteiger partial charge is 0.444 e. The number of halogens is 1. The van der Waals surface area contributed by atoms with Gasteiger partial charge in [-0.2, -0.15) is 0 Å². The first-order valence-corrected chi connectivity index (χ1v) is 5.51. The van der Waals surface area contributed by atoms with Gasteiger partial charge in [0.05, 0.1) is 12.6 Å². The summed E-state index contributed by atoms with van der Waals surface area (Å²) in [4.78, 5) is 11.6. The lowest BCUT2D eigenvalue weighted by molar-refractivity contribution is 0.0867. The Labute approximate surface area is 96.8 Å². The number of amides is 1. The lowest BCUT2D eigenvalue weighted by atomic mass is 10.1. The smallest absolute Gasteiger partial charge is 0.287 e. The van der Waals surface area contributed by atoms with E-state index in [1.807, 2.05) is 13.8 Å². The highest BCUT2D eigenvalue weighted by Gasteiger charge is 2.18. The molecule has 5 heteroatoms. The van der Waals surface area contributed by atoms with Crippen LogP contribution in [0.1, 0.15) is 24.4 Å². The molecule has 4 nitrogen and oxygen atoms in total. The summed E-state index contributed by atoms with van der Waals surface area (Å²) in [7, 11) is 0. The summed E-state index contributed by atoms with van der Waals surface area (Å²) in [6.45, 7) is 3.78. The van der Waals surface area contributed by atoms with Gasteiger partial charge >= 0.3 is 0 Å². The Balaban J connectivity index is 2.62. The van der Waals surface area contributed by atoms with Crippen molar-refractivity contribution in [3.05, 3.63) is 22.6 Å². The van der Waals surface area contributed by atoms with E-state index in [-0.39, 0.29) is 30.2 Å². The van der Waals surface area contributed by atoms with Gasteiger partial charge in [-0.25, -0.2) is 0 Å². The number of nitrogens with one attached hydrogen (secondary N) is 1. The lowest BCUT2D eigenvalue weighted by Crippen LogP contribution is -2.40. The fourth-order valence-electron chi connectivity index (χ4n) is 1.10. The van der Waals surface area contributed by atoms with Gasteiger partial charge in [0.2, 0.25) is 0 Å². The van der Waals surface area contributed by atoms with E-state index in [0.29, 0.717) is 4.67 Å². The van der Waals surface area contributed by atoms with Gasteiger partial charge < -0.3 is 14.8 Å². The zero-order valence-electron chi connectivity index (χ0n) is 8.66. The Bertz CT molecular complexity index is 335. The maximum absolute atomic E-state index is 11.6. The Hall–Kier alpha value is -0.810. The molecule has 0 aliphatic rings. The van der Waals surface area contributed by atoms with Crippen molar-refractivity contribution >= 4 is 21.8 Å². The molecule has 0 unspecified atom stereocenters. The molecular formula is C10H14BrNO3. The van der Waals surface area contributed by atoms with Crippen LogP contribution >= 0.6 is 15.9 Å². The average molecular weight is 276 g/mol. The molecule has 0 aliphatic heterocycles. The van der Waals surface area contributed by atoms with Gasteiger partial charge in [-0.15, -0.1) is 0 Å². The second-order valence-corrected chi connectivity index (χ2v) is 4.39. The van der Waals surface area contributed by atoms with Crippen LogP contribution in [0.5, 0.6) is 0 Å². The van der Waals surface area contributed by atoms with E-state index in [1.54, 1.807) is 12.1 Å². The highest BCUT2D eigenvalue weighted by molar-refractivity contribution is 9.10. The molecule has 0 aliphatic carbocycles. The quantitative estimate of drug-likeness (QED) is 0.881. The maximum atomic E-state index is 11.6. The summed E-state index contributed by atoms with van der Waals surface area (Å²) in [6.07, 6.45) is 0. The second kappa shape index (κ2) is 5.32. The van der Waals surface area contributed by atoms with E-state index in [2.05, 4.69) is 21.2 Å². The van der Waals surface area contributed by atoms with Crippen LogP contribution in [0.3, 0.4) is 0 Å². The van der Waals surface area contributed by atoms with Gasteiger partial charge in [-0.1, -0.05) is 13.8 Å². The number of aliphatic hydroxyl groups excluding tert-OH is 1. The van der Waals surface area contributed by atoms with Crippen LogP contribution < -0.4 is 5.32 Å². The van der Waals surface area contributed by atoms with Crippen molar-refractivity contribution in [2.45, 2.75) is 19.9 Å². The summed E-state index contributed by atoms with van der Waals surface area (Å²) < 4.78 is 5.61. The Morgan fingerprint density at radius 2 is 2.27 bits per heavy atom. The maximum Gasteiger partial charge on any atom is 0.287 e. The predicted octanol–water partition coefficient (Wildman–Crippen LogP) is 1.79. The summed E-state index contributed by atoms with van der Waals surface area (Å²) in [6, 6.07) is 2.98. The zero-order chi connectivity index (χ0) is 11.4. The fourth-order valence-corrected chi connectivity index (χ4v) is 1.41. The normalized spacial score (nSPS) is 12.9. The van der Waals surface area contributed by atoms with E-state index in [1.165, 1.54) is 0 Å². The molecule has 0 fully saturated rings. The summed E-state index contributed by atoms with van der Waals surface area (Å²) in [5.41, 5.74) is 0. The minimum absolute atomic E-state index is 0.0781. The van der Waals surface area contributed by atoms with Crippen molar-refractivity contribution in [3.63, 3.8) is 0 Å². The second-order valence-electron chi connectivity index (χ2n) is 3.61. The first-order valence-electron chi connectivity index (χ1n) is 4.71. The van der Waals surface area contributed by atoms with Crippen molar-refractivity contribution in [2.24, 2.45) is 5.92 Å². The van der Waals surface area contributed by atoms with Crippen LogP contribution in [0.4, 0.5) is 0 Å². The molecule has 0 aromatic carbocycles. The average Bonchev–Trinajstić information content (AvgIpc) is 2.60. The highest BCUT2D eigenvalue weighted by atomic mass is 79.9. The minimum atomic E-state index is -0.312. The Kier molecular flexibility index (Phi) is 4.35. The summed E-state index contributed by atoms with van der Waals surface area (Å²) in [5, 5.41) is 11.7. The SMILES string of the molecule is CC(C)[C@@H](CO)NC(=O)c1ccc(Br)o1. The summed E-state index contributed by atoms with van der Waals surface area (Å²) >= 11 is 3.12. The molecule has 1 amide bonds. The van der Waals surface area contributed by atoms with E-state index in [0.717, 1.165) is 0 Å². The number of furan rings is 1. The van der Waals surface area contributed by atoms with Gasteiger partial charge in [0.15, 0.2) is 10.4 Å². The zero-order valence-corrected chi connectivity index (χ0v) is 10.2. The third kappa shape index (κ3) is 3.35. The van der Waals surface area contributed by atoms with Crippen LogP contribution in [0.15, 0.2) is 21.2 Å². The molecule has 0 radical (unpaired) electrons. The molecule has 1 aromatic rings. The number of carbonyl (C=O) groups excluding carboxylic acids is 1. The first-order chi connectivity index (χ1) is 7.04. The third-order valence-corrected chi connectivity index (χ3v) is 2.54. The van der Waals surface area contributed by atoms with Crippen LogP contribution in [-0.4, -0.2) is 23.7 Å². The van der Waals surface area contributed by atoms with E-state index >= 15 is 0 Å². The first kappa shape index (κ1) is 12.3. The number of carbonyl (C=O) groups is 1. The molecule has 2 N–H and O–H groups in total. The van der Waals surface area contributed by atoms with Gasteiger partial charge in [0.25, 0.3) is 5.91 Å². The van der Waals surface area contributed by atoms with E-state index in [4.69, 9.17) is 9.52 Å². The lowest BCUT2D eigenvalue weighted by Gasteiger charge is -2.18. The third-order valence-electron chi connectivity index (χ3n) is 2.11. The topological polar surface area (TPSA) is 62.5 Å². The minimum Gasteiger partial charge on any atom is -0.444 e. The molecule has 1 heterocycles. The van der Waals surface area contributed by atoms with Crippen LogP contribution in [-0.2, 0) is 0 Å². The van der Waals surface area contributed by atoms with Crippen LogP contribution in [0.25, 0.3) is 0 Å². The predicted molar refractivity (Wildman–Crippen MR) is 59.6 cm³/mol. The molecular weight excluding hydrogens is 262 g/mol. The van der Waals surface area contributed by atoms with Crippen LogP contribution in [0, 0.1) is 5.92 Å². The number of hydrogen-bond acceptors (Lipinski definition) is 3. The fraction of sp³-hybridized carbons (Fsp3) is 0.500. The van der Waals surface area contributed by atoms with Crippen molar-refractivity contribution < 1.29 is 14.3 Å². The molecule has 1 rings (SSSR count). The monoisotopic (exact) mass is 275 g/mol. The van der Waals surface area contributed by atoms with Gasteiger partial charge in [0, 0.05) is 0 Å². The number of rotatable bonds is 4. The molecule has 0 saturated heterocycles. The molecule has 84 valence electrons. The molecule has 0 saturated carbocycles. The number of hydrogen-bond donors (Lipinski definition) is 2. The molecule has 0 bridgehead atoms. The van der Waals surface area contributed by atoms with Crippen molar-refractivity contribution in [1.82, 2.24) is 5.32 Å². The van der Waals surface area contributed by atoms with Gasteiger partial charge in [-0.05, 0) is 34.0 Å². The molecule has 0 spiro atoms. The van der Waals surface area contributed by atoms with Crippen molar-refractivity contribution in [2.75, 3.05) is 6.61 Å². The molecule has 1 aromatic heterocycles. The molecule has 15 heavy (non-hydrogen) atoms. The Morgan fingerprint density at radius 3 is 2.67 bits per heavy atom. The van der Waals surface area contributed by atoms with Gasteiger partial charge in [0.1, 0.15) is 0 Å². The van der Waals surface area contributed by atoms with E-state index in [9.17, 15) is 4.79 Å². The van der Waals surface area contributed by atoms with Gasteiger partial charge in [-0.3, -0.25) is 4.79 Å². The van der Waals surface area contributed by atoms with Crippen molar-refractivity contribution in [3.8, 4) is 0 Å². The standard InChI is InChI=1S/C10H14BrNO3/c1-6(2)7(5-13)12-10(14)8-3-4-9(11)15-8/h3-4,6-7,13H,5H2,1-2H3,(H,12,14)/t7-/m1/s1. The summed E-state index contributed by atoms with van der Waals surface area (Å²) in [5.74, 6) is 0.103. The Morgan fingerprint density at radius 1 is 1.60 bits per heavy atom. The highest BCUT2D eigenvalue weighted by Crippen LogP contribution is 2.14. The number of aliphatic hydroxyl groups is 1. The van der Waals surface area contributed by atoms with Crippen molar-refractivity contribution in [1.29, 1.82) is 0 Å². The van der Waals surface area contributed by atoms with Crippen LogP contribution in [0.2, 0.25) is 0 Å². The molecule has 1 atom stereocenters. The van der Waals surface area contributed by atoms with E-state index < -0.39 is 0 Å².